The molecule has 2 atom stereocenters. The van der Waals surface area contributed by atoms with Gasteiger partial charge in [0.25, 0.3) is 0 Å². The van der Waals surface area contributed by atoms with Crippen molar-refractivity contribution in [3.8, 4) is 22.6 Å². The largest absolute Gasteiger partial charge is 0.457 e. The van der Waals surface area contributed by atoms with Crippen LogP contribution in [-0.2, 0) is 15.4 Å². The number of benzene rings is 9. The molecule has 300 valence electrons. The lowest BCUT2D eigenvalue weighted by molar-refractivity contribution is 0.435. The zero-order valence-electron chi connectivity index (χ0n) is 34.7. The van der Waals surface area contributed by atoms with Crippen molar-refractivity contribution < 1.29 is 13.7 Å². The highest BCUT2D eigenvalue weighted by atomic mass is 31.2. The summed E-state index contributed by atoms with van der Waals surface area (Å²) < 4.78 is 30.1. The Hall–Kier alpha value is -7.39. The van der Waals surface area contributed by atoms with Gasteiger partial charge in [0.1, 0.15) is 22.7 Å². The first kappa shape index (κ1) is 36.3. The molecule has 2 unspecified atom stereocenters. The second-order valence-corrected chi connectivity index (χ2v) is 20.2. The van der Waals surface area contributed by atoms with Gasteiger partial charge in [-0.2, -0.15) is 0 Å². The molecule has 0 bridgehead atoms. The Balaban J connectivity index is 1.06. The average Bonchev–Trinajstić information content (AvgIpc) is 3.70. The van der Waals surface area contributed by atoms with Gasteiger partial charge in [-0.15, -0.1) is 0 Å². The molecular weight excluding hydrogens is 790 g/mol. The van der Waals surface area contributed by atoms with E-state index in [4.69, 9.17) is 9.15 Å². The van der Waals surface area contributed by atoms with Crippen LogP contribution >= 0.6 is 7.14 Å². The molecule has 63 heavy (non-hydrogen) atoms. The summed E-state index contributed by atoms with van der Waals surface area (Å²) in [6.45, 7) is 4.64. The molecule has 0 saturated carbocycles. The molecule has 3 aliphatic rings. The highest BCUT2D eigenvalue weighted by molar-refractivity contribution is 7.85. The van der Waals surface area contributed by atoms with E-state index in [-0.39, 0.29) is 5.41 Å². The van der Waals surface area contributed by atoms with Gasteiger partial charge < -0.3 is 18.6 Å². The molecule has 9 aromatic carbocycles. The molecule has 0 aliphatic carbocycles. The minimum atomic E-state index is -3.45. The fraction of sp³-hybridized carbons (Fsp3) is 0.0690. The zero-order valence-corrected chi connectivity index (χ0v) is 35.6. The number of hydrogen-bond acceptors (Lipinski definition) is 4. The Bertz CT molecular complexity index is 3540. The lowest BCUT2D eigenvalue weighted by atomic mass is 9.63. The number of hydrogen-bond donors (Lipinski definition) is 0. The van der Waals surface area contributed by atoms with Crippen molar-refractivity contribution in [3.05, 3.63) is 240 Å². The second kappa shape index (κ2) is 13.1. The maximum Gasteiger partial charge on any atom is 0.171 e. The summed E-state index contributed by atoms with van der Waals surface area (Å²) in [5, 5.41) is 4.41. The molecule has 5 heteroatoms. The molecule has 0 saturated heterocycles. The van der Waals surface area contributed by atoms with E-state index in [9.17, 15) is 0 Å². The number of para-hydroxylation sites is 4. The van der Waals surface area contributed by atoms with E-state index in [0.29, 0.717) is 0 Å². The molecule has 0 fully saturated rings. The van der Waals surface area contributed by atoms with Crippen LogP contribution in [0.4, 0.5) is 17.1 Å². The van der Waals surface area contributed by atoms with Gasteiger partial charge in [0, 0.05) is 48.9 Å². The predicted octanol–water partition coefficient (Wildman–Crippen LogP) is 13.8. The van der Waals surface area contributed by atoms with Gasteiger partial charge in [-0.05, 0) is 88.0 Å². The number of ether oxygens (including phenoxy) is 1. The Morgan fingerprint density at radius 2 is 1.08 bits per heavy atom. The van der Waals surface area contributed by atoms with Gasteiger partial charge in [-0.3, -0.25) is 0 Å². The van der Waals surface area contributed by atoms with Crippen molar-refractivity contribution in [2.45, 2.75) is 24.7 Å². The molecule has 4 nitrogen and oxygen atoms in total. The van der Waals surface area contributed by atoms with Crippen LogP contribution in [0.5, 0.6) is 11.5 Å². The van der Waals surface area contributed by atoms with E-state index in [1.54, 1.807) is 0 Å². The molecule has 1 aromatic heterocycles. The van der Waals surface area contributed by atoms with Crippen molar-refractivity contribution >= 4 is 62.1 Å². The smallest absolute Gasteiger partial charge is 0.171 e. The third-order valence-electron chi connectivity index (χ3n) is 14.0. The summed E-state index contributed by atoms with van der Waals surface area (Å²) in [5.41, 5.74) is 12.7. The van der Waals surface area contributed by atoms with Crippen LogP contribution in [0.2, 0.25) is 0 Å². The van der Waals surface area contributed by atoms with E-state index < -0.39 is 12.6 Å². The minimum Gasteiger partial charge on any atom is -0.457 e. The third-order valence-corrected chi connectivity index (χ3v) is 17.1. The molecule has 3 aliphatic heterocycles. The highest BCUT2D eigenvalue weighted by Crippen LogP contribution is 2.62. The minimum absolute atomic E-state index is 0.148. The van der Waals surface area contributed by atoms with Crippen LogP contribution in [-0.4, -0.2) is 0 Å². The van der Waals surface area contributed by atoms with Crippen molar-refractivity contribution in [3.63, 3.8) is 0 Å². The number of rotatable bonds is 3. The molecular formula is C58H40NO3P. The third kappa shape index (κ3) is 4.85. The van der Waals surface area contributed by atoms with Crippen molar-refractivity contribution in [1.29, 1.82) is 0 Å². The van der Waals surface area contributed by atoms with Crippen LogP contribution in [0.15, 0.2) is 211 Å². The SMILES string of the molecule is CC1(C)c2ccccc2N(c2cccc(-c3ccc4c(c3)Oc3ccccc3C43c4ccccc4P(=O)(c4ccccc4)c4cc5oc6ccccc6c5cc43)c2)c2ccccc21. The van der Waals surface area contributed by atoms with Gasteiger partial charge in [-0.1, -0.05) is 166 Å². The first-order valence-corrected chi connectivity index (χ1v) is 23.3. The van der Waals surface area contributed by atoms with Gasteiger partial charge in [0.05, 0.1) is 16.8 Å². The number of furan rings is 1. The summed E-state index contributed by atoms with van der Waals surface area (Å²) in [6.07, 6.45) is 0. The summed E-state index contributed by atoms with van der Waals surface area (Å²) >= 11 is 0. The first-order valence-electron chi connectivity index (χ1n) is 21.6. The Morgan fingerprint density at radius 3 is 1.87 bits per heavy atom. The summed E-state index contributed by atoms with van der Waals surface area (Å²) in [7, 11) is -3.45. The van der Waals surface area contributed by atoms with Gasteiger partial charge in [0.15, 0.2) is 7.14 Å². The zero-order chi connectivity index (χ0) is 42.1. The standard InChI is InChI=1S/C58H40NO3P/c1-57(2)43-22-7-11-26-49(43)59(50-27-12-8-23-44(50)57)39-18-16-17-37(33-39)38-31-32-46-54(34-38)62-52-29-14-9-24-45(52)58(46)47-25-10-15-30-55(47)63(60,40-19-4-3-5-20-40)56-36-53-42(35-48(56)58)41-21-6-13-28-51(41)61-53/h3-36H,1-2H3. The van der Waals surface area contributed by atoms with Crippen LogP contribution < -0.4 is 25.6 Å². The lowest BCUT2D eigenvalue weighted by Gasteiger charge is -2.47. The summed E-state index contributed by atoms with van der Waals surface area (Å²) in [4.78, 5) is 2.40. The fourth-order valence-electron chi connectivity index (χ4n) is 11.2. The van der Waals surface area contributed by atoms with Crippen LogP contribution in [0.1, 0.15) is 47.2 Å². The quantitative estimate of drug-likeness (QED) is 0.166. The Kier molecular flexibility index (Phi) is 7.52. The van der Waals surface area contributed by atoms with Crippen LogP contribution in [0, 0.1) is 0 Å². The molecule has 0 N–H and O–H groups in total. The van der Waals surface area contributed by atoms with E-state index in [1.165, 1.54) is 22.5 Å². The number of nitrogens with zero attached hydrogens (tertiary/aromatic N) is 1. The lowest BCUT2D eigenvalue weighted by Crippen LogP contribution is -2.47. The topological polar surface area (TPSA) is 42.7 Å². The Morgan fingerprint density at radius 1 is 0.444 bits per heavy atom. The normalized spacial score (nSPS) is 18.7. The molecule has 0 amide bonds. The number of anilines is 3. The second-order valence-electron chi connectivity index (χ2n) is 17.5. The van der Waals surface area contributed by atoms with E-state index in [2.05, 4.69) is 170 Å². The summed E-state index contributed by atoms with van der Waals surface area (Å²) in [6, 6.07) is 72.3. The molecule has 1 spiro atoms. The average molecular weight is 830 g/mol. The van der Waals surface area contributed by atoms with Crippen molar-refractivity contribution in [1.82, 2.24) is 0 Å². The monoisotopic (exact) mass is 829 g/mol. The Labute approximate surface area is 366 Å². The molecule has 13 rings (SSSR count). The predicted molar refractivity (Wildman–Crippen MR) is 257 cm³/mol. The van der Waals surface area contributed by atoms with Crippen molar-refractivity contribution in [2.24, 2.45) is 0 Å². The highest BCUT2D eigenvalue weighted by Gasteiger charge is 2.55. The van der Waals surface area contributed by atoms with Crippen molar-refractivity contribution in [2.75, 3.05) is 4.90 Å². The van der Waals surface area contributed by atoms with Crippen LogP contribution in [0.3, 0.4) is 0 Å². The molecule has 0 radical (unpaired) electrons. The fourth-order valence-corrected chi connectivity index (χ4v) is 14.3. The van der Waals surface area contributed by atoms with E-state index in [1.807, 2.05) is 54.6 Å². The maximum atomic E-state index is 16.5. The van der Waals surface area contributed by atoms with E-state index in [0.717, 1.165) is 88.4 Å². The van der Waals surface area contributed by atoms with Crippen LogP contribution in [0.25, 0.3) is 33.1 Å². The van der Waals surface area contributed by atoms with Gasteiger partial charge in [-0.25, -0.2) is 0 Å². The number of fused-ring (bicyclic) bond motifs is 13. The van der Waals surface area contributed by atoms with Gasteiger partial charge in [0.2, 0.25) is 0 Å². The molecule has 4 heterocycles. The molecule has 10 aromatic rings. The van der Waals surface area contributed by atoms with E-state index >= 15 is 4.57 Å². The maximum absolute atomic E-state index is 16.5. The summed E-state index contributed by atoms with van der Waals surface area (Å²) in [5.74, 6) is 1.54. The first-order chi connectivity index (χ1) is 30.9. The van der Waals surface area contributed by atoms with Gasteiger partial charge >= 0.3 is 0 Å².